The molecule has 2 heterocycles. The predicted octanol–water partition coefficient (Wildman–Crippen LogP) is 4.82. The van der Waals surface area contributed by atoms with Gasteiger partial charge in [0.15, 0.2) is 23.1 Å². The summed E-state index contributed by atoms with van der Waals surface area (Å²) >= 11 is 0. The standard InChI is InChI=1S/C25H20F2N2O4/c1-14-13-28-22(29-23(14)17-5-3-4-16(10-17)15(2)30)12-21(31)24(8-9-24)18-6-7-19-20(11-18)33-25(26,27)32-19/h3-7,10-11,13H,8-9,12H2,1-2H3. The van der Waals surface area contributed by atoms with E-state index in [9.17, 15) is 18.4 Å². The number of halogens is 2. The van der Waals surface area contributed by atoms with Crippen LogP contribution in [0, 0.1) is 6.92 Å². The molecule has 1 saturated carbocycles. The minimum absolute atomic E-state index is 0.00425. The number of fused-ring (bicyclic) bond motifs is 1. The Hall–Kier alpha value is -3.68. The zero-order chi connectivity index (χ0) is 23.4. The van der Waals surface area contributed by atoms with Crippen LogP contribution in [0.15, 0.2) is 48.7 Å². The van der Waals surface area contributed by atoms with Gasteiger partial charge in [-0.2, -0.15) is 0 Å². The highest BCUT2D eigenvalue weighted by Gasteiger charge is 2.52. The Labute approximate surface area is 188 Å². The number of ketones is 2. The monoisotopic (exact) mass is 450 g/mol. The average Bonchev–Trinajstić information content (AvgIpc) is 3.52. The van der Waals surface area contributed by atoms with Crippen molar-refractivity contribution in [3.05, 3.63) is 71.2 Å². The second kappa shape index (κ2) is 7.43. The molecule has 0 unspecified atom stereocenters. The summed E-state index contributed by atoms with van der Waals surface area (Å²) in [6.45, 7) is 3.37. The number of benzene rings is 2. The first-order valence-corrected chi connectivity index (χ1v) is 10.5. The summed E-state index contributed by atoms with van der Waals surface area (Å²) in [5, 5.41) is 0. The Balaban J connectivity index is 1.40. The summed E-state index contributed by atoms with van der Waals surface area (Å²) in [7, 11) is 0. The molecule has 0 bridgehead atoms. The Morgan fingerprint density at radius 1 is 1.06 bits per heavy atom. The molecule has 1 aromatic heterocycles. The molecular formula is C25H20F2N2O4. The highest BCUT2D eigenvalue weighted by molar-refractivity contribution is 5.95. The summed E-state index contributed by atoms with van der Waals surface area (Å²) in [5.41, 5.74) is 2.69. The molecule has 3 aromatic rings. The van der Waals surface area contributed by atoms with Crippen LogP contribution in [0.2, 0.25) is 0 Å². The third kappa shape index (κ3) is 3.86. The van der Waals surface area contributed by atoms with E-state index in [1.807, 2.05) is 13.0 Å². The van der Waals surface area contributed by atoms with Gasteiger partial charge < -0.3 is 9.47 Å². The number of carbonyl (C=O) groups excluding carboxylic acids is 2. The molecule has 0 spiro atoms. The van der Waals surface area contributed by atoms with E-state index in [-0.39, 0.29) is 29.5 Å². The maximum atomic E-state index is 13.4. The van der Waals surface area contributed by atoms with Gasteiger partial charge in [0.2, 0.25) is 0 Å². The van der Waals surface area contributed by atoms with Gasteiger partial charge in [-0.05, 0) is 56.0 Å². The first-order valence-electron chi connectivity index (χ1n) is 10.5. The van der Waals surface area contributed by atoms with Crippen molar-refractivity contribution in [1.82, 2.24) is 9.97 Å². The van der Waals surface area contributed by atoms with Gasteiger partial charge in [0.1, 0.15) is 5.82 Å². The van der Waals surface area contributed by atoms with E-state index in [1.54, 1.807) is 30.5 Å². The topological polar surface area (TPSA) is 78.4 Å². The predicted molar refractivity (Wildman–Crippen MR) is 114 cm³/mol. The van der Waals surface area contributed by atoms with Gasteiger partial charge in [0.25, 0.3) is 0 Å². The van der Waals surface area contributed by atoms with Crippen LogP contribution in [0.4, 0.5) is 8.78 Å². The van der Waals surface area contributed by atoms with E-state index in [2.05, 4.69) is 19.4 Å². The molecule has 1 aliphatic carbocycles. The van der Waals surface area contributed by atoms with Gasteiger partial charge >= 0.3 is 6.29 Å². The number of nitrogens with zero attached hydrogens (tertiary/aromatic N) is 2. The number of hydrogen-bond donors (Lipinski definition) is 0. The van der Waals surface area contributed by atoms with Crippen LogP contribution in [0.3, 0.4) is 0 Å². The number of Topliss-reactive ketones (excluding diaryl/α,β-unsaturated/α-hetero) is 2. The van der Waals surface area contributed by atoms with Crippen LogP contribution in [0.25, 0.3) is 11.3 Å². The van der Waals surface area contributed by atoms with Crippen molar-refractivity contribution in [2.45, 2.75) is 44.8 Å². The minimum atomic E-state index is -3.70. The second-order valence-electron chi connectivity index (χ2n) is 8.47. The molecule has 2 aromatic carbocycles. The smallest absolute Gasteiger partial charge is 0.395 e. The number of ether oxygens (including phenoxy) is 2. The van der Waals surface area contributed by atoms with Crippen LogP contribution in [-0.2, 0) is 16.6 Å². The third-order valence-electron chi connectivity index (χ3n) is 6.12. The summed E-state index contributed by atoms with van der Waals surface area (Å²) in [6.07, 6.45) is -0.812. The van der Waals surface area contributed by atoms with Crippen LogP contribution in [-0.4, -0.2) is 27.8 Å². The molecule has 0 atom stereocenters. The molecule has 1 aliphatic heterocycles. The fraction of sp³-hybridized carbons (Fsp3) is 0.280. The lowest BCUT2D eigenvalue weighted by Gasteiger charge is -2.15. The Bertz CT molecular complexity index is 1300. The summed E-state index contributed by atoms with van der Waals surface area (Å²) in [6, 6.07) is 11.7. The normalized spacial score (nSPS) is 17.0. The van der Waals surface area contributed by atoms with Crippen molar-refractivity contribution in [2.24, 2.45) is 0 Å². The van der Waals surface area contributed by atoms with E-state index >= 15 is 0 Å². The zero-order valence-electron chi connectivity index (χ0n) is 18.0. The van der Waals surface area contributed by atoms with E-state index in [0.29, 0.717) is 35.5 Å². The van der Waals surface area contributed by atoms with Gasteiger partial charge in [0.05, 0.1) is 17.5 Å². The Morgan fingerprint density at radius 3 is 2.55 bits per heavy atom. The van der Waals surface area contributed by atoms with Gasteiger partial charge in [0, 0.05) is 17.3 Å². The van der Waals surface area contributed by atoms with Gasteiger partial charge in [-0.25, -0.2) is 9.97 Å². The molecule has 0 radical (unpaired) electrons. The number of aromatic nitrogens is 2. The molecule has 8 heteroatoms. The zero-order valence-corrected chi connectivity index (χ0v) is 18.0. The van der Waals surface area contributed by atoms with Gasteiger partial charge in [-0.3, -0.25) is 9.59 Å². The highest BCUT2D eigenvalue weighted by atomic mass is 19.3. The molecule has 0 N–H and O–H groups in total. The summed E-state index contributed by atoms with van der Waals surface area (Å²) in [4.78, 5) is 33.9. The molecule has 0 saturated heterocycles. The molecule has 5 rings (SSSR count). The number of carbonyl (C=O) groups is 2. The number of hydrogen-bond acceptors (Lipinski definition) is 6. The van der Waals surface area contributed by atoms with Gasteiger partial charge in [-0.1, -0.05) is 24.3 Å². The lowest BCUT2D eigenvalue weighted by Crippen LogP contribution is -2.26. The van der Waals surface area contributed by atoms with Crippen molar-refractivity contribution in [3.8, 4) is 22.8 Å². The largest absolute Gasteiger partial charge is 0.586 e. The molecule has 0 amide bonds. The highest BCUT2D eigenvalue weighted by Crippen LogP contribution is 2.52. The first-order chi connectivity index (χ1) is 15.7. The van der Waals surface area contributed by atoms with E-state index < -0.39 is 11.7 Å². The van der Waals surface area contributed by atoms with E-state index in [0.717, 1.165) is 11.1 Å². The van der Waals surface area contributed by atoms with E-state index in [4.69, 9.17) is 0 Å². The Morgan fingerprint density at radius 2 is 1.82 bits per heavy atom. The van der Waals surface area contributed by atoms with Crippen LogP contribution < -0.4 is 9.47 Å². The molecule has 33 heavy (non-hydrogen) atoms. The molecule has 1 fully saturated rings. The number of alkyl halides is 2. The lowest BCUT2D eigenvalue weighted by molar-refractivity contribution is -0.286. The van der Waals surface area contributed by atoms with E-state index in [1.165, 1.54) is 19.1 Å². The maximum absolute atomic E-state index is 13.4. The summed E-state index contributed by atoms with van der Waals surface area (Å²) in [5.74, 6) is 0.117. The van der Waals surface area contributed by atoms with Crippen molar-refractivity contribution in [1.29, 1.82) is 0 Å². The SMILES string of the molecule is CC(=O)c1cccc(-c2nc(CC(=O)C3(c4ccc5c(c4)OC(F)(F)O5)CC3)ncc2C)c1. The minimum Gasteiger partial charge on any atom is -0.395 e. The quantitative estimate of drug-likeness (QED) is 0.501. The third-order valence-corrected chi connectivity index (χ3v) is 6.12. The molecule has 168 valence electrons. The van der Waals surface area contributed by atoms with Crippen LogP contribution in [0.5, 0.6) is 11.5 Å². The van der Waals surface area contributed by atoms with Crippen LogP contribution >= 0.6 is 0 Å². The fourth-order valence-corrected chi connectivity index (χ4v) is 4.15. The first kappa shape index (κ1) is 21.2. The van der Waals surface area contributed by atoms with Crippen molar-refractivity contribution in [2.75, 3.05) is 0 Å². The molecule has 6 nitrogen and oxygen atoms in total. The lowest BCUT2D eigenvalue weighted by atomic mass is 9.89. The van der Waals surface area contributed by atoms with Crippen molar-refractivity contribution in [3.63, 3.8) is 0 Å². The molecule has 2 aliphatic rings. The number of aryl methyl sites for hydroxylation is 1. The number of rotatable bonds is 6. The maximum Gasteiger partial charge on any atom is 0.586 e. The Kier molecular flexibility index (Phi) is 4.77. The van der Waals surface area contributed by atoms with Crippen molar-refractivity contribution < 1.29 is 27.8 Å². The fourth-order valence-electron chi connectivity index (χ4n) is 4.15. The molecular weight excluding hydrogens is 430 g/mol. The van der Waals surface area contributed by atoms with Crippen LogP contribution in [0.1, 0.15) is 47.1 Å². The van der Waals surface area contributed by atoms with Gasteiger partial charge in [-0.15, -0.1) is 8.78 Å². The second-order valence-corrected chi connectivity index (χ2v) is 8.47. The summed E-state index contributed by atoms with van der Waals surface area (Å²) < 4.78 is 35.7. The average molecular weight is 450 g/mol. The van der Waals surface area contributed by atoms with Crippen molar-refractivity contribution >= 4 is 11.6 Å².